The van der Waals surface area contributed by atoms with Gasteiger partial charge in [0, 0.05) is 39.6 Å². The van der Waals surface area contributed by atoms with Crippen molar-refractivity contribution in [2.75, 3.05) is 40.3 Å². The van der Waals surface area contributed by atoms with Gasteiger partial charge in [-0.3, -0.25) is 4.79 Å². The van der Waals surface area contributed by atoms with E-state index in [1.54, 1.807) is 36.0 Å². The highest BCUT2D eigenvalue weighted by Gasteiger charge is 2.27. The number of piperidine rings is 1. The van der Waals surface area contributed by atoms with Gasteiger partial charge < -0.3 is 19.9 Å². The summed E-state index contributed by atoms with van der Waals surface area (Å²) in [5.41, 5.74) is 0. The van der Waals surface area contributed by atoms with Crippen LogP contribution in [0.15, 0.2) is 24.3 Å². The summed E-state index contributed by atoms with van der Waals surface area (Å²) in [5.74, 6) is 0.326. The third-order valence-electron chi connectivity index (χ3n) is 4.22. The van der Waals surface area contributed by atoms with E-state index in [-0.39, 0.29) is 23.7 Å². The van der Waals surface area contributed by atoms with Crippen LogP contribution in [0.5, 0.6) is 5.75 Å². The molecule has 0 bridgehead atoms. The quantitative estimate of drug-likeness (QED) is 0.799. The molecule has 0 unspecified atom stereocenters. The Hall–Kier alpha value is -2.31. The number of likely N-dealkylation sites (tertiary alicyclic amines) is 1. The van der Waals surface area contributed by atoms with Crippen LogP contribution in [-0.2, 0) is 4.79 Å². The lowest BCUT2D eigenvalue weighted by molar-refractivity contribution is -0.126. The smallest absolute Gasteiger partial charge is 0.319 e. The molecule has 3 amide bonds. The SMILES string of the molecule is CN(C)C(=O)N1CCC(C(=O)NCCCOc2ccc(F)cc2)CC1. The number of rotatable bonds is 6. The van der Waals surface area contributed by atoms with Crippen LogP contribution >= 0.6 is 0 Å². The molecule has 7 heteroatoms. The van der Waals surface area contributed by atoms with Crippen molar-refractivity contribution in [2.45, 2.75) is 19.3 Å². The summed E-state index contributed by atoms with van der Waals surface area (Å²) in [6.07, 6.45) is 2.07. The van der Waals surface area contributed by atoms with Crippen molar-refractivity contribution in [2.24, 2.45) is 5.92 Å². The Morgan fingerprint density at radius 2 is 1.88 bits per heavy atom. The summed E-state index contributed by atoms with van der Waals surface area (Å²) in [5, 5.41) is 2.92. The Bertz CT molecular complexity index is 569. The molecule has 0 spiro atoms. The topological polar surface area (TPSA) is 61.9 Å². The number of hydrogen-bond donors (Lipinski definition) is 1. The molecule has 25 heavy (non-hydrogen) atoms. The van der Waals surface area contributed by atoms with Crippen molar-refractivity contribution in [3.05, 3.63) is 30.1 Å². The Morgan fingerprint density at radius 1 is 1.24 bits per heavy atom. The van der Waals surface area contributed by atoms with E-state index >= 15 is 0 Å². The zero-order valence-electron chi connectivity index (χ0n) is 14.8. The molecule has 0 aromatic heterocycles. The first-order valence-corrected chi connectivity index (χ1v) is 8.59. The monoisotopic (exact) mass is 351 g/mol. The Kier molecular flexibility index (Phi) is 7.03. The van der Waals surface area contributed by atoms with Gasteiger partial charge in [-0.15, -0.1) is 0 Å². The highest BCUT2D eigenvalue weighted by molar-refractivity contribution is 5.79. The van der Waals surface area contributed by atoms with Gasteiger partial charge in [0.05, 0.1) is 6.61 Å². The average Bonchev–Trinajstić information content (AvgIpc) is 2.62. The minimum atomic E-state index is -0.294. The van der Waals surface area contributed by atoms with E-state index in [4.69, 9.17) is 4.74 Å². The van der Waals surface area contributed by atoms with Gasteiger partial charge in [0.2, 0.25) is 5.91 Å². The first kappa shape index (κ1) is 19.0. The van der Waals surface area contributed by atoms with Crippen molar-refractivity contribution in [3.8, 4) is 5.75 Å². The highest BCUT2D eigenvalue weighted by Crippen LogP contribution is 2.18. The molecular weight excluding hydrogens is 325 g/mol. The minimum Gasteiger partial charge on any atom is -0.494 e. The van der Waals surface area contributed by atoms with E-state index in [1.807, 2.05) is 0 Å². The molecule has 0 atom stereocenters. The lowest BCUT2D eigenvalue weighted by Gasteiger charge is -2.33. The summed E-state index contributed by atoms with van der Waals surface area (Å²) in [7, 11) is 3.46. The van der Waals surface area contributed by atoms with Crippen molar-refractivity contribution < 1.29 is 18.7 Å². The molecule has 6 nitrogen and oxygen atoms in total. The van der Waals surface area contributed by atoms with E-state index < -0.39 is 0 Å². The maximum Gasteiger partial charge on any atom is 0.319 e. The van der Waals surface area contributed by atoms with E-state index in [0.29, 0.717) is 51.3 Å². The fourth-order valence-electron chi connectivity index (χ4n) is 2.76. The van der Waals surface area contributed by atoms with Gasteiger partial charge in [0.1, 0.15) is 11.6 Å². The van der Waals surface area contributed by atoms with Crippen LogP contribution in [0.1, 0.15) is 19.3 Å². The normalized spacial score (nSPS) is 14.9. The number of halogens is 1. The summed E-state index contributed by atoms with van der Waals surface area (Å²) >= 11 is 0. The predicted octanol–water partition coefficient (Wildman–Crippen LogP) is 2.10. The highest BCUT2D eigenvalue weighted by atomic mass is 19.1. The number of carbonyl (C=O) groups is 2. The maximum atomic E-state index is 12.8. The number of hydrogen-bond acceptors (Lipinski definition) is 3. The van der Waals surface area contributed by atoms with Crippen LogP contribution in [0, 0.1) is 11.7 Å². The largest absolute Gasteiger partial charge is 0.494 e. The van der Waals surface area contributed by atoms with Crippen LogP contribution in [0.3, 0.4) is 0 Å². The molecule has 2 rings (SSSR count). The number of amides is 3. The molecule has 1 saturated heterocycles. The zero-order chi connectivity index (χ0) is 18.2. The molecule has 1 aromatic rings. The molecule has 0 radical (unpaired) electrons. The van der Waals surface area contributed by atoms with Crippen molar-refractivity contribution in [1.29, 1.82) is 0 Å². The molecule has 0 saturated carbocycles. The van der Waals surface area contributed by atoms with Crippen LogP contribution in [0.4, 0.5) is 9.18 Å². The van der Waals surface area contributed by atoms with E-state index in [0.717, 1.165) is 0 Å². The number of benzene rings is 1. The second-order valence-electron chi connectivity index (χ2n) is 6.39. The van der Waals surface area contributed by atoms with E-state index in [2.05, 4.69) is 5.32 Å². The third kappa shape index (κ3) is 5.92. The molecule has 1 heterocycles. The maximum absolute atomic E-state index is 12.8. The average molecular weight is 351 g/mol. The molecule has 1 N–H and O–H groups in total. The summed E-state index contributed by atoms with van der Waals surface area (Å²) in [4.78, 5) is 27.4. The second-order valence-corrected chi connectivity index (χ2v) is 6.39. The fraction of sp³-hybridized carbons (Fsp3) is 0.556. The minimum absolute atomic E-state index is 0.00296. The zero-order valence-corrected chi connectivity index (χ0v) is 14.8. The second kappa shape index (κ2) is 9.25. The van der Waals surface area contributed by atoms with Gasteiger partial charge in [0.15, 0.2) is 0 Å². The Labute approximate surface area is 147 Å². The van der Waals surface area contributed by atoms with Crippen molar-refractivity contribution >= 4 is 11.9 Å². The molecular formula is C18H26FN3O3. The van der Waals surface area contributed by atoms with Gasteiger partial charge in [-0.05, 0) is 43.5 Å². The first-order valence-electron chi connectivity index (χ1n) is 8.59. The number of nitrogens with one attached hydrogen (secondary N) is 1. The van der Waals surface area contributed by atoms with Gasteiger partial charge >= 0.3 is 6.03 Å². The number of carbonyl (C=O) groups excluding carboxylic acids is 2. The third-order valence-corrected chi connectivity index (χ3v) is 4.22. The van der Waals surface area contributed by atoms with Crippen LogP contribution < -0.4 is 10.1 Å². The van der Waals surface area contributed by atoms with Crippen LogP contribution in [0.2, 0.25) is 0 Å². The molecule has 1 aromatic carbocycles. The fourth-order valence-corrected chi connectivity index (χ4v) is 2.76. The van der Waals surface area contributed by atoms with Crippen LogP contribution in [-0.4, -0.2) is 62.1 Å². The first-order chi connectivity index (χ1) is 12.0. The molecule has 1 aliphatic heterocycles. The summed E-state index contributed by atoms with van der Waals surface area (Å²) < 4.78 is 18.3. The van der Waals surface area contributed by atoms with Crippen molar-refractivity contribution in [1.82, 2.24) is 15.1 Å². The standard InChI is InChI=1S/C18H26FN3O3/c1-21(2)18(24)22-11-8-14(9-12-22)17(23)20-10-3-13-25-16-6-4-15(19)5-7-16/h4-7,14H,3,8-13H2,1-2H3,(H,20,23). The molecule has 1 aliphatic rings. The number of urea groups is 1. The van der Waals surface area contributed by atoms with Gasteiger partial charge in [-0.2, -0.15) is 0 Å². The lowest BCUT2D eigenvalue weighted by atomic mass is 9.96. The number of nitrogens with zero attached hydrogens (tertiary/aromatic N) is 2. The Balaban J connectivity index is 1.60. The van der Waals surface area contributed by atoms with Crippen molar-refractivity contribution in [3.63, 3.8) is 0 Å². The van der Waals surface area contributed by atoms with E-state index in [9.17, 15) is 14.0 Å². The van der Waals surface area contributed by atoms with Crippen LogP contribution in [0.25, 0.3) is 0 Å². The summed E-state index contributed by atoms with van der Waals surface area (Å²) in [6.45, 7) is 2.23. The Morgan fingerprint density at radius 3 is 2.48 bits per heavy atom. The number of ether oxygens (including phenoxy) is 1. The molecule has 0 aliphatic carbocycles. The van der Waals surface area contributed by atoms with Gasteiger partial charge in [0.25, 0.3) is 0 Å². The van der Waals surface area contributed by atoms with Gasteiger partial charge in [-0.1, -0.05) is 0 Å². The summed E-state index contributed by atoms with van der Waals surface area (Å²) in [6, 6.07) is 5.86. The van der Waals surface area contributed by atoms with Gasteiger partial charge in [-0.25, -0.2) is 9.18 Å². The lowest BCUT2D eigenvalue weighted by Crippen LogP contribution is -2.46. The van der Waals surface area contributed by atoms with E-state index in [1.165, 1.54) is 12.1 Å². The predicted molar refractivity (Wildman–Crippen MR) is 92.9 cm³/mol. The molecule has 1 fully saturated rings. The molecule has 138 valence electrons.